The monoisotopic (exact) mass is 576 g/mol. The van der Waals surface area contributed by atoms with Crippen LogP contribution in [0.15, 0.2) is 103 Å². The second kappa shape index (κ2) is 11.3. The van der Waals surface area contributed by atoms with E-state index in [4.69, 9.17) is 39.5 Å². The molecule has 0 bridgehead atoms. The maximum atomic E-state index is 13.5. The summed E-state index contributed by atoms with van der Waals surface area (Å²) in [6.45, 7) is 0.203. The lowest BCUT2D eigenvalue weighted by Gasteiger charge is -2.33. The van der Waals surface area contributed by atoms with Gasteiger partial charge in [-0.25, -0.2) is 14.6 Å². The van der Waals surface area contributed by atoms with Gasteiger partial charge in [-0.3, -0.25) is 9.59 Å². The van der Waals surface area contributed by atoms with Gasteiger partial charge in [0.25, 0.3) is 11.8 Å². The average molecular weight is 578 g/mol. The quantitative estimate of drug-likeness (QED) is 0.173. The zero-order valence-corrected chi connectivity index (χ0v) is 22.5. The van der Waals surface area contributed by atoms with Crippen LogP contribution in [0, 0.1) is 0 Å². The molecule has 0 N–H and O–H groups in total. The van der Waals surface area contributed by atoms with Crippen molar-refractivity contribution in [3.05, 3.63) is 129 Å². The third kappa shape index (κ3) is 5.54. The number of hydrogen-bond acceptors (Lipinski definition) is 4. The van der Waals surface area contributed by atoms with Gasteiger partial charge in [-0.05, 0) is 65.7 Å². The molecule has 1 aliphatic rings. The Hall–Kier alpha value is -4.10. The molecule has 1 saturated heterocycles. The number of carbonyl (C=O) groups is 3. The van der Waals surface area contributed by atoms with Crippen molar-refractivity contribution in [2.75, 3.05) is 9.80 Å². The Labute approximate surface area is 239 Å². The largest absolute Gasteiger partial charge is 0.487 e. The molecule has 0 atom stereocenters. The lowest BCUT2D eigenvalue weighted by Crippen LogP contribution is -2.57. The van der Waals surface area contributed by atoms with E-state index < -0.39 is 17.8 Å². The Kier molecular flexibility index (Phi) is 7.70. The van der Waals surface area contributed by atoms with E-state index in [1.165, 1.54) is 6.08 Å². The average Bonchev–Trinajstić information content (AvgIpc) is 2.94. The standard InChI is InChI=1S/C30H19Cl3N2O4/c31-24-13-11-20(17-25(24)32)18-39-27-14-12-19(16-26(27)33)15-23-28(36)34(21-7-3-1-4-8-21)30(38)35(29(23)37)22-9-5-2-6-10-22/h1-17H,18H2. The smallest absolute Gasteiger partial charge is 0.343 e. The Morgan fingerprint density at radius 3 is 1.77 bits per heavy atom. The van der Waals surface area contributed by atoms with Crippen molar-refractivity contribution in [2.24, 2.45) is 0 Å². The first-order valence-electron chi connectivity index (χ1n) is 11.7. The number of hydrogen-bond donors (Lipinski definition) is 0. The van der Waals surface area contributed by atoms with Crippen molar-refractivity contribution in [1.82, 2.24) is 0 Å². The molecule has 4 aromatic rings. The van der Waals surface area contributed by atoms with Crippen LogP contribution in [0.2, 0.25) is 15.1 Å². The first-order valence-corrected chi connectivity index (χ1v) is 12.9. The van der Waals surface area contributed by atoms with Crippen molar-refractivity contribution in [3.63, 3.8) is 0 Å². The molecule has 9 heteroatoms. The molecule has 0 unspecified atom stereocenters. The number of amides is 4. The highest BCUT2D eigenvalue weighted by molar-refractivity contribution is 6.46. The molecule has 194 valence electrons. The van der Waals surface area contributed by atoms with Crippen molar-refractivity contribution in [1.29, 1.82) is 0 Å². The zero-order chi connectivity index (χ0) is 27.5. The number of barbiturate groups is 1. The number of anilines is 2. The molecule has 1 fully saturated rings. The molecular formula is C30H19Cl3N2O4. The summed E-state index contributed by atoms with van der Waals surface area (Å²) >= 11 is 18.5. The molecule has 1 heterocycles. The molecule has 0 aliphatic carbocycles. The fraction of sp³-hybridized carbons (Fsp3) is 0.0333. The minimum Gasteiger partial charge on any atom is -0.487 e. The third-order valence-electron chi connectivity index (χ3n) is 5.92. The van der Waals surface area contributed by atoms with Gasteiger partial charge in [-0.1, -0.05) is 83.3 Å². The van der Waals surface area contributed by atoms with Crippen molar-refractivity contribution in [2.45, 2.75) is 6.61 Å². The highest BCUT2D eigenvalue weighted by Crippen LogP contribution is 2.32. The van der Waals surface area contributed by atoms with Gasteiger partial charge in [0.2, 0.25) is 0 Å². The fourth-order valence-corrected chi connectivity index (χ4v) is 4.58. The summed E-state index contributed by atoms with van der Waals surface area (Å²) in [5, 5.41) is 1.14. The zero-order valence-electron chi connectivity index (χ0n) is 20.2. The van der Waals surface area contributed by atoms with Gasteiger partial charge in [0, 0.05) is 0 Å². The van der Waals surface area contributed by atoms with Crippen LogP contribution in [0.5, 0.6) is 5.75 Å². The molecule has 0 radical (unpaired) electrons. The second-order valence-corrected chi connectivity index (χ2v) is 9.74. The summed E-state index contributed by atoms with van der Waals surface area (Å²) in [4.78, 5) is 42.4. The van der Waals surface area contributed by atoms with E-state index in [2.05, 4.69) is 0 Å². The number of para-hydroxylation sites is 2. The second-order valence-electron chi connectivity index (χ2n) is 8.52. The number of carbonyl (C=O) groups excluding carboxylic acids is 3. The van der Waals surface area contributed by atoms with E-state index in [0.29, 0.717) is 32.7 Å². The number of benzene rings is 4. The van der Waals surface area contributed by atoms with E-state index >= 15 is 0 Å². The molecule has 39 heavy (non-hydrogen) atoms. The predicted molar refractivity (Wildman–Crippen MR) is 153 cm³/mol. The molecule has 4 aromatic carbocycles. The van der Waals surface area contributed by atoms with Crippen LogP contribution in [0.1, 0.15) is 11.1 Å². The first kappa shape index (κ1) is 26.5. The van der Waals surface area contributed by atoms with Gasteiger partial charge in [-0.2, -0.15) is 0 Å². The van der Waals surface area contributed by atoms with Gasteiger partial charge >= 0.3 is 6.03 Å². The van der Waals surface area contributed by atoms with Gasteiger partial charge in [0.1, 0.15) is 17.9 Å². The molecule has 5 rings (SSSR count). The van der Waals surface area contributed by atoms with Gasteiger partial charge in [0.15, 0.2) is 0 Å². The molecule has 4 amide bonds. The van der Waals surface area contributed by atoms with Crippen molar-refractivity contribution < 1.29 is 19.1 Å². The lowest BCUT2D eigenvalue weighted by atomic mass is 10.0. The molecule has 6 nitrogen and oxygen atoms in total. The van der Waals surface area contributed by atoms with Crippen LogP contribution < -0.4 is 14.5 Å². The SMILES string of the molecule is O=C1C(=Cc2ccc(OCc3ccc(Cl)c(Cl)c3)c(Cl)c2)C(=O)N(c2ccccc2)C(=O)N1c1ccccc1. The van der Waals surface area contributed by atoms with Crippen LogP contribution in [-0.4, -0.2) is 17.8 Å². The number of ether oxygens (including phenoxy) is 1. The minimum atomic E-state index is -0.761. The van der Waals surface area contributed by atoms with E-state index in [1.54, 1.807) is 97.1 Å². The van der Waals surface area contributed by atoms with Gasteiger partial charge in [-0.15, -0.1) is 0 Å². The minimum absolute atomic E-state index is 0.192. The van der Waals surface area contributed by atoms with Gasteiger partial charge < -0.3 is 4.74 Å². The Bertz CT molecular complexity index is 1540. The van der Waals surface area contributed by atoms with E-state index in [1.807, 2.05) is 0 Å². The van der Waals surface area contributed by atoms with E-state index in [-0.39, 0.29) is 17.2 Å². The topological polar surface area (TPSA) is 66.9 Å². The fourth-order valence-electron chi connectivity index (χ4n) is 4.02. The Morgan fingerprint density at radius 1 is 0.641 bits per heavy atom. The molecular weight excluding hydrogens is 559 g/mol. The first-order chi connectivity index (χ1) is 18.8. The van der Waals surface area contributed by atoms with Crippen LogP contribution >= 0.6 is 34.8 Å². The van der Waals surface area contributed by atoms with Crippen LogP contribution in [-0.2, 0) is 16.2 Å². The summed E-state index contributed by atoms with van der Waals surface area (Å²) in [6, 6.07) is 26.2. The number of nitrogens with zero attached hydrogens (tertiary/aromatic N) is 2. The molecule has 0 spiro atoms. The summed E-state index contributed by atoms with van der Waals surface area (Å²) < 4.78 is 5.82. The summed E-state index contributed by atoms with van der Waals surface area (Å²) in [7, 11) is 0. The Balaban J connectivity index is 1.47. The number of rotatable bonds is 6. The highest BCUT2D eigenvalue weighted by Gasteiger charge is 2.43. The maximum Gasteiger partial charge on any atom is 0.343 e. The predicted octanol–water partition coefficient (Wildman–Crippen LogP) is 7.81. The van der Waals surface area contributed by atoms with Crippen molar-refractivity contribution >= 4 is 70.1 Å². The summed E-state index contributed by atoms with van der Waals surface area (Å²) in [5.41, 5.74) is 1.78. The maximum absolute atomic E-state index is 13.5. The van der Waals surface area contributed by atoms with E-state index in [9.17, 15) is 14.4 Å². The third-order valence-corrected chi connectivity index (χ3v) is 6.96. The number of halogens is 3. The normalized spacial score (nSPS) is 13.6. The molecule has 0 saturated carbocycles. The van der Waals surface area contributed by atoms with Crippen molar-refractivity contribution in [3.8, 4) is 5.75 Å². The number of imide groups is 2. The summed E-state index contributed by atoms with van der Waals surface area (Å²) in [6.07, 6.45) is 1.41. The lowest BCUT2D eigenvalue weighted by molar-refractivity contribution is -0.121. The summed E-state index contributed by atoms with van der Waals surface area (Å²) in [5.74, 6) is -1.07. The van der Waals surface area contributed by atoms with Crippen LogP contribution in [0.25, 0.3) is 6.08 Å². The van der Waals surface area contributed by atoms with Crippen LogP contribution in [0.4, 0.5) is 16.2 Å². The molecule has 0 aromatic heterocycles. The van der Waals surface area contributed by atoms with Gasteiger partial charge in [0.05, 0.1) is 26.4 Å². The molecule has 1 aliphatic heterocycles. The van der Waals surface area contributed by atoms with Crippen LogP contribution in [0.3, 0.4) is 0 Å². The van der Waals surface area contributed by atoms with E-state index in [0.717, 1.165) is 15.4 Å². The highest BCUT2D eigenvalue weighted by atomic mass is 35.5. The number of urea groups is 1. The Morgan fingerprint density at radius 2 is 1.23 bits per heavy atom.